The molecule has 1 saturated carbocycles. The second kappa shape index (κ2) is 12.5. The van der Waals surface area contributed by atoms with Gasteiger partial charge in [0, 0.05) is 49.2 Å². The van der Waals surface area contributed by atoms with Crippen molar-refractivity contribution in [1.29, 1.82) is 0 Å². The Labute approximate surface area is 254 Å². The van der Waals surface area contributed by atoms with Gasteiger partial charge >= 0.3 is 0 Å². The molecule has 8 heteroatoms. The normalized spacial score (nSPS) is 20.3. The monoisotopic (exact) mass is 588 g/mol. The lowest BCUT2D eigenvalue weighted by Gasteiger charge is -2.38. The maximum Gasteiger partial charge on any atom is 0.232 e. The van der Waals surface area contributed by atoms with Gasteiger partial charge < -0.3 is 20.4 Å². The lowest BCUT2D eigenvalue weighted by Crippen LogP contribution is -2.43. The number of benzene rings is 2. The minimum atomic E-state index is 0.0492. The van der Waals surface area contributed by atoms with Crippen LogP contribution in [0.15, 0.2) is 54.6 Å². The zero-order chi connectivity index (χ0) is 28.2. The minimum absolute atomic E-state index is 0.0492. The van der Waals surface area contributed by atoms with Crippen LogP contribution >= 0.6 is 23.8 Å². The van der Waals surface area contributed by atoms with Crippen molar-refractivity contribution in [3.05, 3.63) is 76.3 Å². The second-order valence-electron chi connectivity index (χ2n) is 12.2. The van der Waals surface area contributed by atoms with Gasteiger partial charge in [-0.2, -0.15) is 9.97 Å². The van der Waals surface area contributed by atoms with Crippen molar-refractivity contribution in [2.24, 2.45) is 5.92 Å². The fourth-order valence-corrected chi connectivity index (χ4v) is 7.17. The molecule has 2 aromatic carbocycles. The van der Waals surface area contributed by atoms with Crippen LogP contribution in [0.5, 0.6) is 0 Å². The summed E-state index contributed by atoms with van der Waals surface area (Å²) in [5.74, 6) is 3.16. The van der Waals surface area contributed by atoms with Crippen LogP contribution in [0.1, 0.15) is 68.6 Å². The van der Waals surface area contributed by atoms with E-state index in [-0.39, 0.29) is 5.41 Å². The first-order valence-electron chi connectivity index (χ1n) is 15.2. The third-order valence-electron chi connectivity index (χ3n) is 9.21. The Morgan fingerprint density at radius 2 is 1.68 bits per heavy atom. The molecule has 1 aromatic heterocycles. The molecular formula is C33H41ClN6S. The van der Waals surface area contributed by atoms with Crippen molar-refractivity contribution in [2.45, 2.75) is 70.3 Å². The first kappa shape index (κ1) is 28.2. The number of fused-ring (bicyclic) bond motifs is 1. The number of halogens is 1. The second-order valence-corrected chi connectivity index (χ2v) is 13.0. The van der Waals surface area contributed by atoms with E-state index >= 15 is 0 Å². The summed E-state index contributed by atoms with van der Waals surface area (Å²) in [6.45, 7) is 6.94. The summed E-state index contributed by atoms with van der Waals surface area (Å²) >= 11 is 12.1. The van der Waals surface area contributed by atoms with E-state index in [1.165, 1.54) is 48.8 Å². The third-order valence-corrected chi connectivity index (χ3v) is 9.71. The highest BCUT2D eigenvalue weighted by Crippen LogP contribution is 2.39. The number of anilines is 3. The van der Waals surface area contributed by atoms with Crippen molar-refractivity contribution in [2.75, 3.05) is 41.3 Å². The van der Waals surface area contributed by atoms with Gasteiger partial charge in [0.15, 0.2) is 5.11 Å². The Kier molecular flexibility index (Phi) is 8.63. The van der Waals surface area contributed by atoms with E-state index in [4.69, 9.17) is 33.8 Å². The van der Waals surface area contributed by atoms with Crippen molar-refractivity contribution in [3.8, 4) is 0 Å². The molecule has 0 amide bonds. The number of rotatable bonds is 6. The zero-order valence-corrected chi connectivity index (χ0v) is 25.6. The van der Waals surface area contributed by atoms with E-state index in [2.05, 4.69) is 69.8 Å². The molecule has 216 valence electrons. The van der Waals surface area contributed by atoms with Crippen molar-refractivity contribution >= 4 is 46.5 Å². The maximum atomic E-state index is 6.22. The topological polar surface area (TPSA) is 56.3 Å². The Morgan fingerprint density at radius 3 is 2.44 bits per heavy atom. The lowest BCUT2D eigenvalue weighted by atomic mass is 9.69. The molecule has 0 bridgehead atoms. The van der Waals surface area contributed by atoms with Crippen LogP contribution < -0.4 is 20.4 Å². The van der Waals surface area contributed by atoms with Crippen molar-refractivity contribution in [1.82, 2.24) is 15.3 Å². The fourth-order valence-electron chi connectivity index (χ4n) is 6.89. The molecule has 3 heterocycles. The molecule has 3 aromatic rings. The first-order valence-corrected chi connectivity index (χ1v) is 16.0. The molecule has 41 heavy (non-hydrogen) atoms. The first-order chi connectivity index (χ1) is 20.0. The van der Waals surface area contributed by atoms with E-state index in [0.717, 1.165) is 68.6 Å². The number of nitrogens with one attached hydrogen (secondary N) is 2. The van der Waals surface area contributed by atoms with Gasteiger partial charge in [-0.15, -0.1) is 0 Å². The molecule has 0 radical (unpaired) electrons. The number of piperidine rings is 1. The molecule has 0 spiro atoms. The molecule has 2 N–H and O–H groups in total. The highest BCUT2D eigenvalue weighted by molar-refractivity contribution is 7.80. The predicted octanol–water partition coefficient (Wildman–Crippen LogP) is 7.12. The van der Waals surface area contributed by atoms with Crippen LogP contribution in [0.4, 0.5) is 17.6 Å². The minimum Gasteiger partial charge on any atom is -0.361 e. The average Bonchev–Trinajstić information content (AvgIpc) is 3.00. The molecule has 2 aliphatic heterocycles. The smallest absolute Gasteiger partial charge is 0.232 e. The molecule has 1 aliphatic carbocycles. The summed E-state index contributed by atoms with van der Waals surface area (Å²) in [6, 6.07) is 19.3. The summed E-state index contributed by atoms with van der Waals surface area (Å²) in [7, 11) is 0. The molecule has 1 atom stereocenters. The van der Waals surface area contributed by atoms with Crippen LogP contribution in [0.25, 0.3) is 0 Å². The van der Waals surface area contributed by atoms with Crippen LogP contribution in [0.3, 0.4) is 0 Å². The van der Waals surface area contributed by atoms with Gasteiger partial charge in [0.05, 0.1) is 0 Å². The largest absolute Gasteiger partial charge is 0.361 e. The Morgan fingerprint density at radius 1 is 0.951 bits per heavy atom. The van der Waals surface area contributed by atoms with E-state index < -0.39 is 0 Å². The summed E-state index contributed by atoms with van der Waals surface area (Å²) in [4.78, 5) is 14.8. The number of nitrogens with zero attached hydrogens (tertiary/aromatic N) is 4. The summed E-state index contributed by atoms with van der Waals surface area (Å²) in [6.07, 6.45) is 9.51. The Bertz CT molecular complexity index is 1360. The Balaban J connectivity index is 1.21. The lowest BCUT2D eigenvalue weighted by molar-refractivity contribution is 0.292. The average molecular weight is 589 g/mol. The van der Waals surface area contributed by atoms with Crippen LogP contribution in [0.2, 0.25) is 5.02 Å². The van der Waals surface area contributed by atoms with E-state index in [1.807, 2.05) is 12.1 Å². The SMILES string of the molecule is C[C@H]1CCCN(c2cc(N3CCc4ccccc4C3)nc(NC(=S)NCC3(c4ccc(Cl)cc4)CCCCC3)n2)C1. The molecule has 3 aliphatic rings. The van der Waals surface area contributed by atoms with E-state index in [1.54, 1.807) is 0 Å². The molecule has 6 rings (SSSR count). The molecular weight excluding hydrogens is 548 g/mol. The highest BCUT2D eigenvalue weighted by atomic mass is 35.5. The number of thiocarbonyl (C=S) groups is 1. The van der Waals surface area contributed by atoms with Gasteiger partial charge in [-0.3, -0.25) is 0 Å². The molecule has 1 saturated heterocycles. The van der Waals surface area contributed by atoms with Gasteiger partial charge in [0.25, 0.3) is 0 Å². The van der Waals surface area contributed by atoms with Crippen LogP contribution in [-0.2, 0) is 18.4 Å². The molecule has 0 unspecified atom stereocenters. The molecule has 2 fully saturated rings. The Hall–Kier alpha value is -2.90. The zero-order valence-electron chi connectivity index (χ0n) is 24.0. The van der Waals surface area contributed by atoms with Crippen LogP contribution in [0, 0.1) is 5.92 Å². The number of aromatic nitrogens is 2. The van der Waals surface area contributed by atoms with Crippen molar-refractivity contribution in [3.63, 3.8) is 0 Å². The van der Waals surface area contributed by atoms with Gasteiger partial charge in [0.2, 0.25) is 5.95 Å². The van der Waals surface area contributed by atoms with Gasteiger partial charge in [-0.25, -0.2) is 0 Å². The standard InChI is InChI=1S/C33H41ClN6S/c1-24-8-7-18-39(21-24)29-20-30(40-19-15-25-9-3-4-10-26(25)22-40)37-31(36-29)38-32(41)35-23-33(16-5-2-6-17-33)27-11-13-28(34)14-12-27/h3-4,9-14,20,24H,2,5-8,15-19,21-23H2,1H3,(H2,35,36,37,38,41)/t24-/m0/s1. The van der Waals surface area contributed by atoms with E-state index in [0.29, 0.717) is 17.0 Å². The summed E-state index contributed by atoms with van der Waals surface area (Å²) in [5.41, 5.74) is 4.19. The summed E-state index contributed by atoms with van der Waals surface area (Å²) in [5, 5.41) is 8.27. The summed E-state index contributed by atoms with van der Waals surface area (Å²) < 4.78 is 0. The van der Waals surface area contributed by atoms with Crippen molar-refractivity contribution < 1.29 is 0 Å². The van der Waals surface area contributed by atoms with Gasteiger partial charge in [0.1, 0.15) is 11.6 Å². The fraction of sp³-hybridized carbons (Fsp3) is 0.485. The predicted molar refractivity (Wildman–Crippen MR) is 174 cm³/mol. The highest BCUT2D eigenvalue weighted by Gasteiger charge is 2.34. The number of hydrogen-bond acceptors (Lipinski definition) is 5. The van der Waals surface area contributed by atoms with E-state index in [9.17, 15) is 0 Å². The maximum absolute atomic E-state index is 6.22. The molecule has 6 nitrogen and oxygen atoms in total. The quantitative estimate of drug-likeness (QED) is 0.297. The van der Waals surface area contributed by atoms with Gasteiger partial charge in [-0.1, -0.05) is 74.2 Å². The third kappa shape index (κ3) is 6.62. The van der Waals surface area contributed by atoms with Crippen LogP contribution in [-0.4, -0.2) is 41.3 Å². The van der Waals surface area contributed by atoms with Gasteiger partial charge in [-0.05, 0) is 79.1 Å². The number of hydrogen-bond donors (Lipinski definition) is 2.